The Morgan fingerprint density at radius 1 is 0.882 bits per heavy atom. The van der Waals surface area contributed by atoms with Crippen LogP contribution in [0.2, 0.25) is 0 Å². The predicted molar refractivity (Wildman–Crippen MR) is 127 cm³/mol. The van der Waals surface area contributed by atoms with Crippen molar-refractivity contribution in [1.82, 2.24) is 9.80 Å². The number of piperazine rings is 1. The monoisotopic (exact) mass is 467 g/mol. The molecule has 0 unspecified atom stereocenters. The molecule has 3 aromatic rings. The zero-order valence-corrected chi connectivity index (χ0v) is 19.3. The SMILES string of the molecule is CC1(C)CN(C(c2ccc(F)cc2)c2ccc(F)cc2)CCN1CC(=O)Nc1cccc(F)c1. The number of rotatable bonds is 6. The van der Waals surface area contributed by atoms with E-state index in [1.165, 1.54) is 36.4 Å². The van der Waals surface area contributed by atoms with Gasteiger partial charge in [-0.15, -0.1) is 0 Å². The molecule has 0 saturated carbocycles. The number of amides is 1. The van der Waals surface area contributed by atoms with Crippen molar-refractivity contribution < 1.29 is 18.0 Å². The number of carbonyl (C=O) groups is 1. The second-order valence-electron chi connectivity index (χ2n) is 9.27. The number of benzene rings is 3. The van der Waals surface area contributed by atoms with Crippen LogP contribution in [-0.4, -0.2) is 47.4 Å². The van der Waals surface area contributed by atoms with Crippen LogP contribution in [0.4, 0.5) is 18.9 Å². The number of nitrogens with zero attached hydrogens (tertiary/aromatic N) is 2. The molecular formula is C27H28F3N3O. The number of carbonyl (C=O) groups excluding carboxylic acids is 1. The molecule has 0 aromatic heterocycles. The van der Waals surface area contributed by atoms with Crippen molar-refractivity contribution in [3.8, 4) is 0 Å². The Hall–Kier alpha value is -3.16. The van der Waals surface area contributed by atoms with E-state index in [1.54, 1.807) is 36.4 Å². The summed E-state index contributed by atoms with van der Waals surface area (Å²) in [5.41, 5.74) is 1.91. The molecule has 0 atom stereocenters. The molecule has 0 spiro atoms. The zero-order valence-electron chi connectivity index (χ0n) is 19.3. The van der Waals surface area contributed by atoms with Gasteiger partial charge in [0.25, 0.3) is 0 Å². The summed E-state index contributed by atoms with van der Waals surface area (Å²) in [6, 6.07) is 18.4. The van der Waals surface area contributed by atoms with Crippen LogP contribution in [0.1, 0.15) is 31.0 Å². The highest BCUT2D eigenvalue weighted by molar-refractivity contribution is 5.92. The second kappa shape index (κ2) is 9.99. The van der Waals surface area contributed by atoms with Crippen molar-refractivity contribution in [2.75, 3.05) is 31.5 Å². The molecule has 4 nitrogen and oxygen atoms in total. The summed E-state index contributed by atoms with van der Waals surface area (Å²) in [5, 5.41) is 2.76. The molecule has 7 heteroatoms. The van der Waals surface area contributed by atoms with Gasteiger partial charge in [-0.3, -0.25) is 14.6 Å². The van der Waals surface area contributed by atoms with Crippen LogP contribution in [0.25, 0.3) is 0 Å². The van der Waals surface area contributed by atoms with Crippen LogP contribution in [0.15, 0.2) is 72.8 Å². The Labute approximate surface area is 198 Å². The molecular weight excluding hydrogens is 439 g/mol. The molecule has 3 aromatic carbocycles. The molecule has 1 aliphatic rings. The number of nitrogens with one attached hydrogen (secondary N) is 1. The number of hydrogen-bond donors (Lipinski definition) is 1. The van der Waals surface area contributed by atoms with Gasteiger partial charge in [-0.25, -0.2) is 13.2 Å². The van der Waals surface area contributed by atoms with Crippen molar-refractivity contribution >= 4 is 11.6 Å². The van der Waals surface area contributed by atoms with Gasteiger partial charge in [-0.05, 0) is 67.4 Å². The van der Waals surface area contributed by atoms with Crippen molar-refractivity contribution in [1.29, 1.82) is 0 Å². The second-order valence-corrected chi connectivity index (χ2v) is 9.27. The first-order valence-electron chi connectivity index (χ1n) is 11.3. The summed E-state index contributed by atoms with van der Waals surface area (Å²) in [5.74, 6) is -1.23. The highest BCUT2D eigenvalue weighted by Crippen LogP contribution is 2.33. The summed E-state index contributed by atoms with van der Waals surface area (Å²) in [7, 11) is 0. The summed E-state index contributed by atoms with van der Waals surface area (Å²) < 4.78 is 40.6. The first kappa shape index (κ1) is 24.0. The molecule has 1 amide bonds. The summed E-state index contributed by atoms with van der Waals surface area (Å²) in [6.45, 7) is 6.25. The van der Waals surface area contributed by atoms with E-state index in [-0.39, 0.29) is 35.7 Å². The quantitative estimate of drug-likeness (QED) is 0.539. The normalized spacial score (nSPS) is 16.5. The average Bonchev–Trinajstić information content (AvgIpc) is 2.78. The Morgan fingerprint density at radius 2 is 1.47 bits per heavy atom. The summed E-state index contributed by atoms with van der Waals surface area (Å²) >= 11 is 0. The fourth-order valence-corrected chi connectivity index (χ4v) is 4.59. The Balaban J connectivity index is 1.50. The maximum atomic E-state index is 13.6. The highest BCUT2D eigenvalue weighted by atomic mass is 19.1. The largest absolute Gasteiger partial charge is 0.325 e. The van der Waals surface area contributed by atoms with E-state index in [4.69, 9.17) is 0 Å². The topological polar surface area (TPSA) is 35.6 Å². The molecule has 34 heavy (non-hydrogen) atoms. The lowest BCUT2D eigenvalue weighted by atomic mass is 9.92. The van der Waals surface area contributed by atoms with E-state index in [1.807, 2.05) is 0 Å². The minimum absolute atomic E-state index is 0.176. The van der Waals surface area contributed by atoms with Gasteiger partial charge in [0, 0.05) is 30.9 Å². The molecule has 1 saturated heterocycles. The Kier molecular flexibility index (Phi) is 7.05. The van der Waals surface area contributed by atoms with Crippen LogP contribution in [0.3, 0.4) is 0 Å². The van der Waals surface area contributed by atoms with Crippen molar-refractivity contribution in [3.63, 3.8) is 0 Å². The van der Waals surface area contributed by atoms with Crippen molar-refractivity contribution in [3.05, 3.63) is 101 Å². The van der Waals surface area contributed by atoms with Crippen molar-refractivity contribution in [2.45, 2.75) is 25.4 Å². The van der Waals surface area contributed by atoms with Gasteiger partial charge in [0.05, 0.1) is 12.6 Å². The summed E-state index contributed by atoms with van der Waals surface area (Å²) in [4.78, 5) is 17.0. The van der Waals surface area contributed by atoms with E-state index in [9.17, 15) is 18.0 Å². The predicted octanol–water partition coefficient (Wildman–Crippen LogP) is 5.23. The van der Waals surface area contributed by atoms with Gasteiger partial charge in [-0.2, -0.15) is 0 Å². The number of hydrogen-bond acceptors (Lipinski definition) is 3. The molecule has 0 aliphatic carbocycles. The smallest absolute Gasteiger partial charge is 0.238 e. The minimum Gasteiger partial charge on any atom is -0.325 e. The molecule has 0 radical (unpaired) electrons. The van der Waals surface area contributed by atoms with Crippen LogP contribution in [0, 0.1) is 17.5 Å². The van der Waals surface area contributed by atoms with E-state index < -0.39 is 5.82 Å². The first-order valence-corrected chi connectivity index (χ1v) is 11.3. The average molecular weight is 468 g/mol. The number of halogens is 3. The van der Waals surface area contributed by atoms with Crippen LogP contribution in [-0.2, 0) is 4.79 Å². The van der Waals surface area contributed by atoms with E-state index in [0.717, 1.165) is 11.1 Å². The van der Waals surface area contributed by atoms with Crippen LogP contribution < -0.4 is 5.32 Å². The zero-order chi connectivity index (χ0) is 24.3. The molecule has 1 heterocycles. The molecule has 0 bridgehead atoms. The lowest BCUT2D eigenvalue weighted by Gasteiger charge is -2.49. The van der Waals surface area contributed by atoms with Crippen LogP contribution in [0.5, 0.6) is 0 Å². The maximum Gasteiger partial charge on any atom is 0.238 e. The minimum atomic E-state index is -0.403. The van der Waals surface area contributed by atoms with Gasteiger partial charge in [0.2, 0.25) is 5.91 Å². The third kappa shape index (κ3) is 5.66. The molecule has 1 fully saturated rings. The third-order valence-corrected chi connectivity index (χ3v) is 6.28. The lowest BCUT2D eigenvalue weighted by molar-refractivity contribution is -0.120. The Morgan fingerprint density at radius 3 is 2.00 bits per heavy atom. The number of anilines is 1. The van der Waals surface area contributed by atoms with Gasteiger partial charge in [-0.1, -0.05) is 30.3 Å². The Bertz CT molecular complexity index is 1090. The van der Waals surface area contributed by atoms with Gasteiger partial charge < -0.3 is 5.32 Å². The van der Waals surface area contributed by atoms with E-state index in [2.05, 4.69) is 29.0 Å². The fourth-order valence-electron chi connectivity index (χ4n) is 4.59. The molecule has 1 aliphatic heterocycles. The van der Waals surface area contributed by atoms with E-state index in [0.29, 0.717) is 25.3 Å². The molecule has 1 N–H and O–H groups in total. The van der Waals surface area contributed by atoms with Crippen molar-refractivity contribution in [2.24, 2.45) is 0 Å². The summed E-state index contributed by atoms with van der Waals surface area (Å²) in [6.07, 6.45) is 0. The van der Waals surface area contributed by atoms with E-state index >= 15 is 0 Å². The highest BCUT2D eigenvalue weighted by Gasteiger charge is 2.38. The lowest BCUT2D eigenvalue weighted by Crippen LogP contribution is -2.61. The standard InChI is InChI=1S/C27H28F3N3O/c1-27(2)18-32(14-15-33(27)17-25(34)31-24-5-3-4-23(30)16-24)26(19-6-10-21(28)11-7-19)20-8-12-22(29)13-9-20/h3-13,16,26H,14-15,17-18H2,1-2H3,(H,31,34). The van der Waals surface area contributed by atoms with Gasteiger partial charge in [0.15, 0.2) is 0 Å². The first-order chi connectivity index (χ1) is 16.2. The van der Waals surface area contributed by atoms with Crippen LogP contribution >= 0.6 is 0 Å². The molecule has 178 valence electrons. The maximum absolute atomic E-state index is 13.6. The third-order valence-electron chi connectivity index (χ3n) is 6.28. The molecule has 4 rings (SSSR count). The fraction of sp³-hybridized carbons (Fsp3) is 0.296. The van der Waals surface area contributed by atoms with Gasteiger partial charge in [0.1, 0.15) is 17.5 Å². The van der Waals surface area contributed by atoms with Gasteiger partial charge >= 0.3 is 0 Å².